The Morgan fingerprint density at radius 3 is 2.71 bits per heavy atom. The molecule has 2 amide bonds. The van der Waals surface area contributed by atoms with E-state index in [4.69, 9.17) is 0 Å². The molecule has 1 aliphatic carbocycles. The summed E-state index contributed by atoms with van der Waals surface area (Å²) in [4.78, 5) is 23.0. The fourth-order valence-electron chi connectivity index (χ4n) is 2.61. The van der Waals surface area contributed by atoms with Crippen molar-refractivity contribution < 1.29 is 9.59 Å². The molecule has 3 nitrogen and oxygen atoms in total. The molecule has 3 heteroatoms. The summed E-state index contributed by atoms with van der Waals surface area (Å²) >= 11 is 0. The van der Waals surface area contributed by atoms with Gasteiger partial charge in [-0.1, -0.05) is 23.3 Å². The number of amides is 2. The molecular formula is C14H19NO2. The molecule has 1 saturated carbocycles. The molecule has 2 aliphatic rings. The molecule has 0 aromatic carbocycles. The van der Waals surface area contributed by atoms with Crippen LogP contribution < -0.4 is 5.32 Å². The molecule has 0 bridgehead atoms. The Morgan fingerprint density at radius 2 is 2.00 bits per heavy atom. The van der Waals surface area contributed by atoms with E-state index in [-0.39, 0.29) is 23.7 Å². The van der Waals surface area contributed by atoms with E-state index in [0.717, 1.165) is 25.7 Å². The SMILES string of the molecule is CC(C)=CC/C=C1\CC[C@@H]2C(=O)NC(=O)[C@H]2C1. The number of imide groups is 1. The van der Waals surface area contributed by atoms with Gasteiger partial charge in [0.1, 0.15) is 0 Å². The first kappa shape index (κ1) is 12.1. The molecule has 1 heterocycles. The van der Waals surface area contributed by atoms with Gasteiger partial charge in [-0.2, -0.15) is 0 Å². The Labute approximate surface area is 102 Å². The number of carbonyl (C=O) groups is 2. The lowest BCUT2D eigenvalue weighted by Gasteiger charge is -2.23. The Kier molecular flexibility index (Phi) is 3.46. The standard InChI is InChI=1S/C14H19NO2/c1-9(2)4-3-5-10-6-7-11-12(8-10)14(17)15-13(11)16/h4-5,11-12H,3,6-8H2,1-2H3,(H,15,16,17)/b10-5+/t11-,12-/m0/s1. The van der Waals surface area contributed by atoms with Crippen LogP contribution in [0.15, 0.2) is 23.3 Å². The van der Waals surface area contributed by atoms with Gasteiger partial charge in [0.25, 0.3) is 0 Å². The Balaban J connectivity index is 2.00. The minimum absolute atomic E-state index is 0.0663. The van der Waals surface area contributed by atoms with Crippen molar-refractivity contribution in [2.45, 2.75) is 39.5 Å². The van der Waals surface area contributed by atoms with Gasteiger partial charge < -0.3 is 0 Å². The summed E-state index contributed by atoms with van der Waals surface area (Å²) in [6, 6.07) is 0. The Morgan fingerprint density at radius 1 is 1.29 bits per heavy atom. The lowest BCUT2D eigenvalue weighted by atomic mass is 9.78. The smallest absolute Gasteiger partial charge is 0.230 e. The van der Waals surface area contributed by atoms with E-state index in [1.165, 1.54) is 11.1 Å². The van der Waals surface area contributed by atoms with Gasteiger partial charge in [-0.05, 0) is 39.5 Å². The van der Waals surface area contributed by atoms with E-state index in [1.54, 1.807) is 0 Å². The van der Waals surface area contributed by atoms with Crippen molar-refractivity contribution in [3.8, 4) is 0 Å². The van der Waals surface area contributed by atoms with E-state index >= 15 is 0 Å². The Hall–Kier alpha value is -1.38. The average molecular weight is 233 g/mol. The molecule has 1 saturated heterocycles. The normalized spacial score (nSPS) is 30.1. The average Bonchev–Trinajstić information content (AvgIpc) is 2.54. The number of hydrogen-bond acceptors (Lipinski definition) is 2. The van der Waals surface area contributed by atoms with Crippen LogP contribution in [0.5, 0.6) is 0 Å². The second kappa shape index (κ2) is 4.86. The second-order valence-electron chi connectivity index (χ2n) is 5.19. The third-order valence-electron chi connectivity index (χ3n) is 3.60. The molecule has 0 unspecified atom stereocenters. The minimum Gasteiger partial charge on any atom is -0.296 e. The van der Waals surface area contributed by atoms with Crippen LogP contribution in [0.3, 0.4) is 0 Å². The molecular weight excluding hydrogens is 214 g/mol. The molecule has 0 radical (unpaired) electrons. The second-order valence-corrected chi connectivity index (χ2v) is 5.19. The van der Waals surface area contributed by atoms with Crippen molar-refractivity contribution >= 4 is 11.8 Å². The molecule has 2 rings (SSSR count). The first-order valence-corrected chi connectivity index (χ1v) is 6.24. The zero-order valence-electron chi connectivity index (χ0n) is 10.5. The third kappa shape index (κ3) is 2.65. The predicted octanol–water partition coefficient (Wildman–Crippen LogP) is 2.34. The maximum Gasteiger partial charge on any atom is 0.230 e. The van der Waals surface area contributed by atoms with Gasteiger partial charge in [0.05, 0.1) is 11.8 Å². The van der Waals surface area contributed by atoms with Gasteiger partial charge in [-0.15, -0.1) is 0 Å². The molecule has 1 aliphatic heterocycles. The zero-order chi connectivity index (χ0) is 12.4. The highest BCUT2D eigenvalue weighted by Crippen LogP contribution is 2.37. The van der Waals surface area contributed by atoms with E-state index in [1.807, 2.05) is 0 Å². The largest absolute Gasteiger partial charge is 0.296 e. The molecule has 0 spiro atoms. The molecule has 92 valence electrons. The number of allylic oxidation sites excluding steroid dienone is 4. The highest BCUT2D eigenvalue weighted by atomic mass is 16.2. The van der Waals surface area contributed by atoms with E-state index in [9.17, 15) is 9.59 Å². The van der Waals surface area contributed by atoms with Gasteiger partial charge >= 0.3 is 0 Å². The summed E-state index contributed by atoms with van der Waals surface area (Å²) in [7, 11) is 0. The monoisotopic (exact) mass is 233 g/mol. The van der Waals surface area contributed by atoms with E-state index < -0.39 is 0 Å². The number of fused-ring (bicyclic) bond motifs is 1. The summed E-state index contributed by atoms with van der Waals surface area (Å²) in [5.74, 6) is -0.312. The summed E-state index contributed by atoms with van der Waals surface area (Å²) in [5.41, 5.74) is 2.64. The van der Waals surface area contributed by atoms with Crippen LogP contribution in [0, 0.1) is 11.8 Å². The van der Waals surface area contributed by atoms with Gasteiger partial charge in [-0.3, -0.25) is 14.9 Å². The molecule has 2 fully saturated rings. The highest BCUT2D eigenvalue weighted by Gasteiger charge is 2.43. The number of rotatable bonds is 2. The number of carbonyl (C=O) groups excluding carboxylic acids is 2. The molecule has 17 heavy (non-hydrogen) atoms. The van der Waals surface area contributed by atoms with Crippen molar-refractivity contribution in [2.24, 2.45) is 11.8 Å². The van der Waals surface area contributed by atoms with Crippen LogP contribution in [-0.4, -0.2) is 11.8 Å². The van der Waals surface area contributed by atoms with Gasteiger partial charge in [-0.25, -0.2) is 0 Å². The van der Waals surface area contributed by atoms with Crippen molar-refractivity contribution in [3.05, 3.63) is 23.3 Å². The highest BCUT2D eigenvalue weighted by molar-refractivity contribution is 6.05. The fraction of sp³-hybridized carbons (Fsp3) is 0.571. The van der Waals surface area contributed by atoms with Crippen LogP contribution in [0.1, 0.15) is 39.5 Å². The summed E-state index contributed by atoms with van der Waals surface area (Å²) in [6.07, 6.45) is 7.86. The lowest BCUT2D eigenvalue weighted by Crippen LogP contribution is -2.23. The van der Waals surface area contributed by atoms with Crippen LogP contribution >= 0.6 is 0 Å². The van der Waals surface area contributed by atoms with Crippen LogP contribution in [0.4, 0.5) is 0 Å². The van der Waals surface area contributed by atoms with Crippen molar-refractivity contribution in [2.75, 3.05) is 0 Å². The third-order valence-corrected chi connectivity index (χ3v) is 3.60. The first-order valence-electron chi connectivity index (χ1n) is 6.24. The fourth-order valence-corrected chi connectivity index (χ4v) is 2.61. The van der Waals surface area contributed by atoms with E-state index in [0.29, 0.717) is 0 Å². The van der Waals surface area contributed by atoms with Gasteiger partial charge in [0.2, 0.25) is 11.8 Å². The van der Waals surface area contributed by atoms with Crippen LogP contribution in [-0.2, 0) is 9.59 Å². The topological polar surface area (TPSA) is 46.2 Å². The zero-order valence-corrected chi connectivity index (χ0v) is 10.5. The predicted molar refractivity (Wildman–Crippen MR) is 66.1 cm³/mol. The molecule has 2 atom stereocenters. The molecule has 0 aromatic rings. The first-order chi connectivity index (χ1) is 8.08. The summed E-state index contributed by atoms with van der Waals surface area (Å²) in [6.45, 7) is 4.16. The van der Waals surface area contributed by atoms with Crippen LogP contribution in [0.2, 0.25) is 0 Å². The summed E-state index contributed by atoms with van der Waals surface area (Å²) in [5, 5.41) is 2.44. The number of hydrogen-bond donors (Lipinski definition) is 1. The maximum atomic E-state index is 11.6. The number of nitrogens with one attached hydrogen (secondary N) is 1. The Bertz CT molecular complexity index is 402. The van der Waals surface area contributed by atoms with Gasteiger partial charge in [0.15, 0.2) is 0 Å². The summed E-state index contributed by atoms with van der Waals surface area (Å²) < 4.78 is 0. The quantitative estimate of drug-likeness (QED) is 0.588. The molecule has 1 N–H and O–H groups in total. The van der Waals surface area contributed by atoms with E-state index in [2.05, 4.69) is 31.3 Å². The van der Waals surface area contributed by atoms with Crippen molar-refractivity contribution in [1.82, 2.24) is 5.32 Å². The van der Waals surface area contributed by atoms with Gasteiger partial charge in [0, 0.05) is 0 Å². The molecule has 0 aromatic heterocycles. The minimum atomic E-state index is -0.103. The maximum absolute atomic E-state index is 11.6. The lowest BCUT2D eigenvalue weighted by molar-refractivity contribution is -0.126. The van der Waals surface area contributed by atoms with Crippen molar-refractivity contribution in [1.29, 1.82) is 0 Å². The van der Waals surface area contributed by atoms with Crippen LogP contribution in [0.25, 0.3) is 0 Å². The van der Waals surface area contributed by atoms with Crippen molar-refractivity contribution in [3.63, 3.8) is 0 Å².